The van der Waals surface area contributed by atoms with Gasteiger partial charge in [-0.2, -0.15) is 0 Å². The summed E-state index contributed by atoms with van der Waals surface area (Å²) in [6.07, 6.45) is 12.2. The molecule has 4 aromatic heterocycles. The molecule has 1 N–H and O–H groups in total. The number of methoxy groups -OCH3 is 1. The second-order valence-electron chi connectivity index (χ2n) is 15.3. The summed E-state index contributed by atoms with van der Waals surface area (Å²) in [5.41, 5.74) is 0.240. The van der Waals surface area contributed by atoms with Gasteiger partial charge in [-0.1, -0.05) is 42.5 Å². The van der Waals surface area contributed by atoms with Gasteiger partial charge in [-0.3, -0.25) is 18.6 Å². The number of unbranched alkanes of at least 4 members (excludes halogenated alkanes) is 1. The van der Waals surface area contributed by atoms with Gasteiger partial charge in [0.05, 0.1) is 52.5 Å². The molecule has 0 bridgehead atoms. The number of carbonyl (C=O) groups is 1. The van der Waals surface area contributed by atoms with Gasteiger partial charge in [-0.05, 0) is 87.6 Å². The monoisotopic (exact) mass is 806 g/mol. The Morgan fingerprint density at radius 1 is 1.07 bits per heavy atom. The lowest BCUT2D eigenvalue weighted by molar-refractivity contribution is -0.124. The van der Waals surface area contributed by atoms with Crippen LogP contribution in [0.15, 0.2) is 102 Å². The Hall–Kier alpha value is -5.89. The number of rotatable bonds is 15. The van der Waals surface area contributed by atoms with Crippen molar-refractivity contribution in [1.29, 1.82) is 0 Å². The van der Waals surface area contributed by atoms with Crippen molar-refractivity contribution < 1.29 is 26.8 Å². The molecule has 0 spiro atoms. The van der Waals surface area contributed by atoms with Crippen molar-refractivity contribution in [2.45, 2.75) is 74.3 Å². The fourth-order valence-electron chi connectivity index (χ4n) is 8.40. The van der Waals surface area contributed by atoms with Gasteiger partial charge < -0.3 is 14.8 Å². The Labute approximate surface area is 341 Å². The third-order valence-corrected chi connectivity index (χ3v) is 13.1. The van der Waals surface area contributed by atoms with E-state index in [1.54, 1.807) is 61.8 Å². The van der Waals surface area contributed by atoms with E-state index in [0.29, 0.717) is 61.2 Å². The fourth-order valence-corrected chi connectivity index (χ4v) is 9.91. The van der Waals surface area contributed by atoms with Crippen LogP contribution in [0.1, 0.15) is 67.9 Å². The van der Waals surface area contributed by atoms with Gasteiger partial charge in [0.2, 0.25) is 11.8 Å². The minimum absolute atomic E-state index is 0.000206. The second-order valence-corrected chi connectivity index (χ2v) is 17.1. The number of nitrogens with zero attached hydrogens (tertiary/aromatic N) is 6. The Morgan fingerprint density at radius 3 is 2.47 bits per heavy atom. The first-order valence-electron chi connectivity index (χ1n) is 21.1. The molecule has 14 heteroatoms. The van der Waals surface area contributed by atoms with Gasteiger partial charge in [0, 0.05) is 47.4 Å². The number of carbonyl (C=O) groups excluding carboxylic acids is 1. The highest BCUT2D eigenvalue weighted by molar-refractivity contribution is 7.90. The van der Waals surface area contributed by atoms with Crippen molar-refractivity contribution in [3.63, 3.8) is 0 Å². The highest BCUT2D eigenvalue weighted by Gasteiger charge is 2.41. The first kappa shape index (κ1) is 35.3. The van der Waals surface area contributed by atoms with Gasteiger partial charge in [0.1, 0.15) is 5.75 Å². The predicted octanol–water partition coefficient (Wildman–Crippen LogP) is 7.30. The summed E-state index contributed by atoms with van der Waals surface area (Å²) < 4.78 is 72.8. The lowest BCUT2D eigenvalue weighted by Crippen LogP contribution is -2.51. The van der Waals surface area contributed by atoms with Crippen LogP contribution in [-0.4, -0.2) is 61.5 Å². The average molecular weight is 807 g/mol. The van der Waals surface area contributed by atoms with E-state index < -0.39 is 34.3 Å². The molecular formula is C44H49N7O6S. The Balaban J connectivity index is 1.45. The van der Waals surface area contributed by atoms with Crippen LogP contribution in [0.25, 0.3) is 44.5 Å². The maximum absolute atomic E-state index is 15.2. The zero-order chi connectivity index (χ0) is 43.3. The Morgan fingerprint density at radius 2 is 1.81 bits per heavy atom. The number of aryl methyl sites for hydroxylation is 2. The second kappa shape index (κ2) is 15.5. The van der Waals surface area contributed by atoms with Gasteiger partial charge in [-0.25, -0.2) is 22.2 Å². The van der Waals surface area contributed by atoms with Crippen LogP contribution in [-0.2, 0) is 28.8 Å². The van der Waals surface area contributed by atoms with Crippen molar-refractivity contribution in [2.75, 3.05) is 13.7 Å². The molecule has 4 heterocycles. The lowest BCUT2D eigenvalue weighted by Gasteiger charge is -2.41. The SMILES string of the molecule is [2H]C([2H])([2H])n1c(=O)n(C2CCC(CC=C)(NC(=O)C3CC3)CC2)c2c3c(-c4ccc(OCCCC=C)cc4)c(-c4cn(C)nc4OC)n(S(=O)(=O)c4ccccc4)c3ncc21. The van der Waals surface area contributed by atoms with Crippen LogP contribution < -0.4 is 20.5 Å². The number of hydrogen-bond donors (Lipinski definition) is 1. The van der Waals surface area contributed by atoms with Gasteiger partial charge in [-0.15, -0.1) is 18.3 Å². The molecule has 58 heavy (non-hydrogen) atoms. The lowest BCUT2D eigenvalue weighted by atomic mass is 9.77. The maximum atomic E-state index is 15.2. The van der Waals surface area contributed by atoms with Crippen LogP contribution >= 0.6 is 0 Å². The van der Waals surface area contributed by atoms with E-state index in [2.05, 4.69) is 23.6 Å². The molecule has 6 aromatic rings. The first-order valence-corrected chi connectivity index (χ1v) is 21.0. The van der Waals surface area contributed by atoms with E-state index in [9.17, 15) is 9.59 Å². The zero-order valence-corrected chi connectivity index (χ0v) is 33.5. The number of nitrogens with one attached hydrogen (secondary N) is 1. The van der Waals surface area contributed by atoms with E-state index in [1.165, 1.54) is 34.7 Å². The van der Waals surface area contributed by atoms with Crippen LogP contribution in [0.5, 0.6) is 11.6 Å². The highest BCUT2D eigenvalue weighted by Crippen LogP contribution is 2.48. The fraction of sp³-hybridized carbons (Fsp3) is 0.364. The van der Waals surface area contributed by atoms with Crippen molar-refractivity contribution >= 4 is 38.0 Å². The molecule has 2 aromatic carbocycles. The summed E-state index contributed by atoms with van der Waals surface area (Å²) >= 11 is 0. The number of aromatic nitrogens is 6. The standard InChI is InChI=1S/C44H49N7O6S/c1-6-8-12-26-57-32-19-17-29(18-20-32)36-37-39-35(49(4)43(53)50(39)31-21-24-44(23-7-2,25-22-31)46-41(52)30-15-16-30)27-45-40(37)51(58(54,55)33-13-10-9-11-14-33)38(36)34-28-48(3)47-42(34)56-5/h6-7,9-11,13-14,17-20,27-28,30-31H,1-2,8,12,15-16,21-26H2,3-5H3,(H,46,52)/i4D3. The molecule has 2 aliphatic rings. The van der Waals surface area contributed by atoms with Crippen molar-refractivity contribution in [2.24, 2.45) is 19.9 Å². The number of imidazole rings is 1. The highest BCUT2D eigenvalue weighted by atomic mass is 32.2. The first-order chi connectivity index (χ1) is 29.2. The van der Waals surface area contributed by atoms with Gasteiger partial charge in [0.15, 0.2) is 5.65 Å². The molecule has 2 fully saturated rings. The van der Waals surface area contributed by atoms with Gasteiger partial charge in [0.25, 0.3) is 10.0 Å². The number of amides is 1. The molecule has 0 saturated heterocycles. The van der Waals surface area contributed by atoms with E-state index in [1.807, 2.05) is 6.08 Å². The molecule has 0 radical (unpaired) electrons. The van der Waals surface area contributed by atoms with Crippen LogP contribution in [0.4, 0.5) is 0 Å². The van der Waals surface area contributed by atoms with E-state index >= 15 is 8.42 Å². The van der Waals surface area contributed by atoms with E-state index in [4.69, 9.17) is 18.6 Å². The number of hydrogen-bond acceptors (Lipinski definition) is 8. The van der Waals surface area contributed by atoms with Gasteiger partial charge >= 0.3 is 5.69 Å². The van der Waals surface area contributed by atoms with Crippen molar-refractivity contribution in [3.05, 3.63) is 103 Å². The van der Waals surface area contributed by atoms with Crippen LogP contribution in [0.2, 0.25) is 0 Å². The minimum Gasteiger partial charge on any atom is -0.494 e. The van der Waals surface area contributed by atoms with E-state index in [0.717, 1.165) is 34.2 Å². The summed E-state index contributed by atoms with van der Waals surface area (Å²) in [7, 11) is -1.34. The number of benzene rings is 2. The number of allylic oxidation sites excluding steroid dienone is 1. The smallest absolute Gasteiger partial charge is 0.329 e. The minimum atomic E-state index is -4.47. The summed E-state index contributed by atoms with van der Waals surface area (Å²) in [6.45, 7) is 5.27. The average Bonchev–Trinajstić information content (AvgIpc) is 3.84. The van der Waals surface area contributed by atoms with Crippen molar-refractivity contribution in [3.8, 4) is 34.0 Å². The third kappa shape index (κ3) is 6.82. The molecule has 2 saturated carbocycles. The van der Waals surface area contributed by atoms with Crippen LogP contribution in [0.3, 0.4) is 0 Å². The molecule has 13 nitrogen and oxygen atoms in total. The molecular weight excluding hydrogens is 755 g/mol. The topological polar surface area (TPSA) is 144 Å². The molecule has 1 amide bonds. The van der Waals surface area contributed by atoms with E-state index in [-0.39, 0.29) is 50.4 Å². The maximum Gasteiger partial charge on any atom is 0.329 e. The summed E-state index contributed by atoms with van der Waals surface area (Å²) in [4.78, 5) is 32.7. The number of pyridine rings is 1. The molecule has 2 aliphatic carbocycles. The molecule has 302 valence electrons. The number of fused-ring (bicyclic) bond motifs is 3. The normalized spacial score (nSPS) is 19.3. The number of ether oxygens (including phenoxy) is 2. The molecule has 8 rings (SSSR count). The third-order valence-electron chi connectivity index (χ3n) is 11.4. The quantitative estimate of drug-likeness (QED) is 0.0841. The van der Waals surface area contributed by atoms with Crippen molar-refractivity contribution in [1.82, 2.24) is 33.2 Å². The molecule has 0 atom stereocenters. The predicted molar refractivity (Wildman–Crippen MR) is 225 cm³/mol. The Bertz CT molecular complexity index is 2810. The molecule has 0 aliphatic heterocycles. The Kier molecular flexibility index (Phi) is 9.41. The zero-order valence-electron chi connectivity index (χ0n) is 35.7. The largest absolute Gasteiger partial charge is 0.494 e. The van der Waals surface area contributed by atoms with Crippen LogP contribution in [0, 0.1) is 5.92 Å². The summed E-state index contributed by atoms with van der Waals surface area (Å²) in [5, 5.41) is 8.06. The summed E-state index contributed by atoms with van der Waals surface area (Å²) in [6, 6.07) is 14.6. The molecule has 0 unspecified atom stereocenters. The summed E-state index contributed by atoms with van der Waals surface area (Å²) in [5.74, 6) is 0.731.